The largest absolute Gasteiger partial charge is 0.378 e. The summed E-state index contributed by atoms with van der Waals surface area (Å²) < 4.78 is 7.23. The second-order valence-electron chi connectivity index (χ2n) is 3.96. The lowest BCUT2D eigenvalue weighted by Gasteiger charge is -2.10. The molecule has 0 bridgehead atoms. The summed E-state index contributed by atoms with van der Waals surface area (Å²) >= 11 is 5.87. The third-order valence-corrected chi connectivity index (χ3v) is 3.16. The average molecular weight is 239 g/mol. The molecule has 0 N–H and O–H groups in total. The first-order valence-electron chi connectivity index (χ1n) is 5.25. The van der Waals surface area contributed by atoms with E-state index in [1.165, 1.54) is 0 Å². The van der Waals surface area contributed by atoms with E-state index < -0.39 is 0 Å². The Hall–Kier alpha value is -1.20. The van der Waals surface area contributed by atoms with Gasteiger partial charge in [0.05, 0.1) is 6.10 Å². The van der Waals surface area contributed by atoms with Crippen molar-refractivity contribution in [3.8, 4) is 0 Å². The lowest BCUT2D eigenvalue weighted by Crippen LogP contribution is -2.13. The van der Waals surface area contributed by atoms with Crippen molar-refractivity contribution >= 4 is 17.2 Å². The number of fused-ring (bicyclic) bond motifs is 1. The maximum absolute atomic E-state index is 5.87. The fourth-order valence-electron chi connectivity index (χ4n) is 2.09. The summed E-state index contributed by atoms with van der Waals surface area (Å²) in [6, 6.07) is 3.52. The molecule has 1 aliphatic rings. The van der Waals surface area contributed by atoms with E-state index in [0.717, 1.165) is 24.5 Å². The molecule has 0 radical (unpaired) electrons. The normalized spacial score (nSPS) is 25.4. The first-order chi connectivity index (χ1) is 7.75. The van der Waals surface area contributed by atoms with Gasteiger partial charge in [0.2, 0.25) is 0 Å². The number of rotatable bonds is 1. The van der Waals surface area contributed by atoms with E-state index >= 15 is 0 Å². The first-order valence-corrected chi connectivity index (χ1v) is 5.63. The average Bonchev–Trinajstić information content (AvgIpc) is 2.83. The topological polar surface area (TPSA) is 52.3 Å². The zero-order valence-electron chi connectivity index (χ0n) is 8.80. The van der Waals surface area contributed by atoms with Crippen LogP contribution >= 0.6 is 11.6 Å². The summed E-state index contributed by atoms with van der Waals surface area (Å²) in [6.45, 7) is 2.81. The lowest BCUT2D eigenvalue weighted by atomic mass is 10.0. The molecule has 0 spiro atoms. The molecule has 0 aliphatic carbocycles. The highest BCUT2D eigenvalue weighted by Gasteiger charge is 2.30. The second-order valence-corrected chi connectivity index (χ2v) is 4.34. The smallest absolute Gasteiger partial charge is 0.178 e. The number of ether oxygens (including phenoxy) is 1. The molecule has 0 amide bonds. The molecule has 5 nitrogen and oxygen atoms in total. The number of hydrogen-bond donors (Lipinski definition) is 0. The van der Waals surface area contributed by atoms with Crippen LogP contribution in [0, 0.1) is 0 Å². The SMILES string of the molecule is CC1OCCC1c1nnc2ccc(Cl)nn12. The molecular weight excluding hydrogens is 228 g/mol. The Morgan fingerprint density at radius 2 is 2.31 bits per heavy atom. The van der Waals surface area contributed by atoms with Crippen LogP contribution in [0.5, 0.6) is 0 Å². The van der Waals surface area contributed by atoms with Crippen LogP contribution in [0.2, 0.25) is 5.15 Å². The van der Waals surface area contributed by atoms with Crippen molar-refractivity contribution < 1.29 is 4.74 Å². The summed E-state index contributed by atoms with van der Waals surface area (Å²) in [5.74, 6) is 1.09. The molecule has 3 heterocycles. The molecule has 0 saturated carbocycles. The van der Waals surface area contributed by atoms with E-state index in [-0.39, 0.29) is 12.0 Å². The van der Waals surface area contributed by atoms with Crippen molar-refractivity contribution in [1.82, 2.24) is 19.8 Å². The Bertz CT molecular complexity index is 527. The molecule has 2 aromatic heterocycles. The standard InChI is InChI=1S/C10H11ClN4O/c1-6-7(4-5-16-6)10-13-12-9-3-2-8(11)14-15(9)10/h2-3,6-7H,4-5H2,1H3. The van der Waals surface area contributed by atoms with Gasteiger partial charge in [-0.25, -0.2) is 0 Å². The predicted molar refractivity (Wildman–Crippen MR) is 58.6 cm³/mol. The van der Waals surface area contributed by atoms with Crippen LogP contribution in [0.1, 0.15) is 25.1 Å². The molecule has 2 atom stereocenters. The summed E-state index contributed by atoms with van der Waals surface area (Å²) in [6.07, 6.45) is 1.11. The van der Waals surface area contributed by atoms with E-state index in [2.05, 4.69) is 15.3 Å². The van der Waals surface area contributed by atoms with E-state index in [1.54, 1.807) is 10.6 Å². The summed E-state index contributed by atoms with van der Waals surface area (Å²) in [5, 5.41) is 12.9. The van der Waals surface area contributed by atoms with Crippen LogP contribution in [-0.2, 0) is 4.74 Å². The van der Waals surface area contributed by atoms with Gasteiger partial charge in [-0.2, -0.15) is 9.61 Å². The Kier molecular flexibility index (Phi) is 2.29. The van der Waals surface area contributed by atoms with Crippen LogP contribution in [0.3, 0.4) is 0 Å². The van der Waals surface area contributed by atoms with Gasteiger partial charge < -0.3 is 4.74 Å². The molecule has 1 aliphatic heterocycles. The minimum atomic E-state index is 0.160. The minimum Gasteiger partial charge on any atom is -0.378 e. The Morgan fingerprint density at radius 1 is 1.44 bits per heavy atom. The molecule has 2 aromatic rings. The number of hydrogen-bond acceptors (Lipinski definition) is 4. The van der Waals surface area contributed by atoms with Crippen LogP contribution in [0.4, 0.5) is 0 Å². The van der Waals surface area contributed by atoms with Crippen LogP contribution < -0.4 is 0 Å². The summed E-state index contributed by atoms with van der Waals surface area (Å²) in [5.41, 5.74) is 0.721. The highest BCUT2D eigenvalue weighted by atomic mass is 35.5. The van der Waals surface area contributed by atoms with E-state index in [4.69, 9.17) is 16.3 Å². The summed E-state index contributed by atoms with van der Waals surface area (Å²) in [7, 11) is 0. The van der Waals surface area contributed by atoms with Gasteiger partial charge in [0.25, 0.3) is 0 Å². The molecule has 16 heavy (non-hydrogen) atoms. The number of halogens is 1. The Labute approximate surface area is 97.4 Å². The molecule has 0 aromatic carbocycles. The third-order valence-electron chi connectivity index (χ3n) is 2.96. The molecule has 3 rings (SSSR count). The molecule has 6 heteroatoms. The van der Waals surface area contributed by atoms with Crippen molar-refractivity contribution in [3.05, 3.63) is 23.1 Å². The van der Waals surface area contributed by atoms with Gasteiger partial charge in [0.1, 0.15) is 5.15 Å². The van der Waals surface area contributed by atoms with Gasteiger partial charge in [-0.3, -0.25) is 0 Å². The fourth-order valence-corrected chi connectivity index (χ4v) is 2.22. The second kappa shape index (κ2) is 3.68. The van der Waals surface area contributed by atoms with Crippen molar-refractivity contribution in [2.45, 2.75) is 25.4 Å². The van der Waals surface area contributed by atoms with E-state index in [1.807, 2.05) is 13.0 Å². The van der Waals surface area contributed by atoms with E-state index in [0.29, 0.717) is 5.15 Å². The zero-order valence-corrected chi connectivity index (χ0v) is 9.55. The number of aromatic nitrogens is 4. The molecule has 84 valence electrons. The van der Waals surface area contributed by atoms with Crippen LogP contribution in [-0.4, -0.2) is 32.5 Å². The monoisotopic (exact) mass is 238 g/mol. The molecule has 2 unspecified atom stereocenters. The van der Waals surface area contributed by atoms with Crippen molar-refractivity contribution in [2.24, 2.45) is 0 Å². The van der Waals surface area contributed by atoms with Crippen molar-refractivity contribution in [2.75, 3.05) is 6.61 Å². The lowest BCUT2D eigenvalue weighted by molar-refractivity contribution is 0.117. The molecule has 1 saturated heterocycles. The zero-order chi connectivity index (χ0) is 11.1. The first kappa shape index (κ1) is 9.99. The van der Waals surface area contributed by atoms with Gasteiger partial charge in [0, 0.05) is 12.5 Å². The van der Waals surface area contributed by atoms with E-state index in [9.17, 15) is 0 Å². The third kappa shape index (κ3) is 1.47. The quantitative estimate of drug-likeness (QED) is 0.758. The number of nitrogens with zero attached hydrogens (tertiary/aromatic N) is 4. The van der Waals surface area contributed by atoms with Gasteiger partial charge in [-0.15, -0.1) is 10.2 Å². The Morgan fingerprint density at radius 3 is 3.06 bits per heavy atom. The maximum atomic E-state index is 5.87. The van der Waals surface area contributed by atoms with Gasteiger partial charge in [0.15, 0.2) is 11.5 Å². The van der Waals surface area contributed by atoms with Gasteiger partial charge in [-0.1, -0.05) is 11.6 Å². The van der Waals surface area contributed by atoms with Gasteiger partial charge in [-0.05, 0) is 25.5 Å². The fraction of sp³-hybridized carbons (Fsp3) is 0.500. The van der Waals surface area contributed by atoms with Crippen molar-refractivity contribution in [3.63, 3.8) is 0 Å². The van der Waals surface area contributed by atoms with Crippen molar-refractivity contribution in [1.29, 1.82) is 0 Å². The highest BCUT2D eigenvalue weighted by Crippen LogP contribution is 2.29. The highest BCUT2D eigenvalue weighted by molar-refractivity contribution is 6.29. The van der Waals surface area contributed by atoms with Crippen LogP contribution in [0.25, 0.3) is 5.65 Å². The molecular formula is C10H11ClN4O. The predicted octanol–water partition coefficient (Wildman–Crippen LogP) is 1.67. The Balaban J connectivity index is 2.12. The van der Waals surface area contributed by atoms with Crippen LogP contribution in [0.15, 0.2) is 12.1 Å². The minimum absolute atomic E-state index is 0.160. The maximum Gasteiger partial charge on any atom is 0.178 e. The van der Waals surface area contributed by atoms with Gasteiger partial charge >= 0.3 is 0 Å². The molecule has 1 fully saturated rings. The summed E-state index contributed by atoms with van der Waals surface area (Å²) in [4.78, 5) is 0.